The highest BCUT2D eigenvalue weighted by molar-refractivity contribution is 5.87. The number of carbonyl (C=O) groups excluding carboxylic acids is 1. The van der Waals surface area contributed by atoms with E-state index < -0.39 is 0 Å². The quantitative estimate of drug-likeness (QED) is 0.664. The summed E-state index contributed by atoms with van der Waals surface area (Å²) in [5, 5.41) is 2.59. The summed E-state index contributed by atoms with van der Waals surface area (Å²) in [6.07, 6.45) is 0.250. The van der Waals surface area contributed by atoms with E-state index in [0.717, 1.165) is 0 Å². The van der Waals surface area contributed by atoms with Gasteiger partial charge in [0.05, 0.1) is 0 Å². The van der Waals surface area contributed by atoms with E-state index in [2.05, 4.69) is 79.4 Å². The molecule has 0 atom stereocenters. The van der Waals surface area contributed by atoms with E-state index in [1.807, 2.05) is 0 Å². The van der Waals surface area contributed by atoms with Gasteiger partial charge in [0.2, 0.25) is 6.41 Å². The van der Waals surface area contributed by atoms with Gasteiger partial charge in [-0.1, -0.05) is 66.2 Å². The lowest BCUT2D eigenvalue weighted by molar-refractivity contribution is -0.106. The fourth-order valence-corrected chi connectivity index (χ4v) is 2.11. The molecule has 0 fully saturated rings. The van der Waals surface area contributed by atoms with Crippen LogP contribution in [0.25, 0.3) is 21.9 Å². The van der Waals surface area contributed by atoms with Gasteiger partial charge in [-0.25, -0.2) is 0 Å². The van der Waals surface area contributed by atoms with Crippen LogP contribution in [-0.2, 0) is 4.79 Å². The summed E-state index contributed by atoms with van der Waals surface area (Å²) in [6, 6.07) is 23.8. The van der Waals surface area contributed by atoms with Crippen molar-refractivity contribution in [2.75, 3.05) is 0 Å². The lowest BCUT2D eigenvalue weighted by atomic mass is 10.0. The van der Waals surface area contributed by atoms with E-state index >= 15 is 0 Å². The highest BCUT2D eigenvalue weighted by atomic mass is 16.1. The van der Waals surface area contributed by atoms with Crippen LogP contribution in [0, 0.1) is 6.92 Å². The van der Waals surface area contributed by atoms with E-state index in [1.54, 1.807) is 0 Å². The molecule has 0 heterocycles. The van der Waals surface area contributed by atoms with Gasteiger partial charge in [0, 0.05) is 0 Å². The average Bonchev–Trinajstić information content (AvgIpc) is 2.48. The molecule has 0 aliphatic heterocycles. The Morgan fingerprint density at radius 2 is 1.35 bits per heavy atom. The predicted molar refractivity (Wildman–Crippen MR) is 84.4 cm³/mol. The number of rotatable bonds is 1. The third-order valence-corrected chi connectivity index (χ3v) is 3.13. The number of nitrogens with two attached hydrogens (primary N) is 1. The summed E-state index contributed by atoms with van der Waals surface area (Å²) in [4.78, 5) is 8.58. The van der Waals surface area contributed by atoms with Crippen LogP contribution >= 0.6 is 0 Å². The zero-order valence-electron chi connectivity index (χ0n) is 11.4. The smallest absolute Gasteiger partial charge is 0.204 e. The Balaban J connectivity index is 0.000000452. The van der Waals surface area contributed by atoms with Crippen LogP contribution < -0.4 is 5.73 Å². The van der Waals surface area contributed by atoms with Crippen LogP contribution in [0.3, 0.4) is 0 Å². The van der Waals surface area contributed by atoms with Gasteiger partial charge in [0.25, 0.3) is 0 Å². The van der Waals surface area contributed by atoms with E-state index in [4.69, 9.17) is 4.79 Å². The highest BCUT2D eigenvalue weighted by Gasteiger charge is 1.98. The minimum Gasteiger partial charge on any atom is -0.372 e. The molecule has 0 saturated carbocycles. The number of hydrogen-bond acceptors (Lipinski definition) is 1. The number of fused-ring (bicyclic) bond motifs is 1. The maximum Gasteiger partial charge on any atom is 0.204 e. The molecule has 2 N–H and O–H groups in total. The van der Waals surface area contributed by atoms with Gasteiger partial charge in [0.15, 0.2) is 0 Å². The van der Waals surface area contributed by atoms with Crippen molar-refractivity contribution in [1.82, 2.24) is 0 Å². The second-order valence-electron chi connectivity index (χ2n) is 4.56. The Hall–Kier alpha value is -2.61. The van der Waals surface area contributed by atoms with Gasteiger partial charge >= 0.3 is 0 Å². The van der Waals surface area contributed by atoms with Gasteiger partial charge in [-0.05, 0) is 34.9 Å². The molecular formula is C18H17NO. The van der Waals surface area contributed by atoms with Gasteiger partial charge < -0.3 is 5.73 Å². The molecule has 0 bridgehead atoms. The molecule has 0 aromatic heterocycles. The Labute approximate surface area is 118 Å². The van der Waals surface area contributed by atoms with E-state index in [1.165, 1.54) is 27.5 Å². The summed E-state index contributed by atoms with van der Waals surface area (Å²) in [5.41, 5.74) is 8.03. The molecule has 3 aromatic carbocycles. The van der Waals surface area contributed by atoms with Crippen LogP contribution in [-0.4, -0.2) is 6.41 Å². The van der Waals surface area contributed by atoms with Gasteiger partial charge in [0.1, 0.15) is 0 Å². The SMILES string of the molecule is Cc1ccc(-c2ccc3ccccc3c2)cc1.NC=O. The lowest BCUT2D eigenvalue weighted by Gasteiger charge is -2.04. The minimum absolute atomic E-state index is 0.250. The van der Waals surface area contributed by atoms with Crippen LogP contribution in [0.1, 0.15) is 5.56 Å². The third-order valence-electron chi connectivity index (χ3n) is 3.13. The van der Waals surface area contributed by atoms with Gasteiger partial charge in [-0.3, -0.25) is 4.79 Å². The molecule has 0 aliphatic rings. The molecule has 0 saturated heterocycles. The number of benzene rings is 3. The molecule has 1 amide bonds. The van der Waals surface area contributed by atoms with Gasteiger partial charge in [-0.15, -0.1) is 0 Å². The largest absolute Gasteiger partial charge is 0.372 e. The van der Waals surface area contributed by atoms with E-state index in [0.29, 0.717) is 0 Å². The first-order valence-corrected chi connectivity index (χ1v) is 6.46. The first kappa shape index (κ1) is 13.8. The van der Waals surface area contributed by atoms with Crippen molar-refractivity contribution < 1.29 is 4.79 Å². The molecule has 2 heteroatoms. The van der Waals surface area contributed by atoms with Gasteiger partial charge in [-0.2, -0.15) is 0 Å². The van der Waals surface area contributed by atoms with Crippen molar-refractivity contribution in [3.05, 3.63) is 72.3 Å². The normalized spacial score (nSPS) is 9.65. The number of hydrogen-bond donors (Lipinski definition) is 1. The fourth-order valence-electron chi connectivity index (χ4n) is 2.11. The highest BCUT2D eigenvalue weighted by Crippen LogP contribution is 2.24. The molecule has 0 aliphatic carbocycles. The number of amides is 1. The third kappa shape index (κ3) is 3.23. The molecule has 3 aromatic rings. The summed E-state index contributed by atoms with van der Waals surface area (Å²) in [5.74, 6) is 0. The maximum atomic E-state index is 8.58. The zero-order chi connectivity index (χ0) is 14.4. The van der Waals surface area contributed by atoms with Crippen molar-refractivity contribution >= 4 is 17.2 Å². The monoisotopic (exact) mass is 263 g/mol. The van der Waals surface area contributed by atoms with Crippen LogP contribution in [0.4, 0.5) is 0 Å². The number of aryl methyl sites for hydroxylation is 1. The predicted octanol–water partition coefficient (Wildman–Crippen LogP) is 3.92. The number of carbonyl (C=O) groups is 1. The van der Waals surface area contributed by atoms with E-state index in [9.17, 15) is 0 Å². The van der Waals surface area contributed by atoms with Crippen molar-refractivity contribution in [2.45, 2.75) is 6.92 Å². The van der Waals surface area contributed by atoms with Crippen LogP contribution in [0.2, 0.25) is 0 Å². The van der Waals surface area contributed by atoms with Crippen molar-refractivity contribution in [2.24, 2.45) is 5.73 Å². The molecule has 100 valence electrons. The van der Waals surface area contributed by atoms with Crippen molar-refractivity contribution in [3.8, 4) is 11.1 Å². The summed E-state index contributed by atoms with van der Waals surface area (Å²) in [7, 11) is 0. The summed E-state index contributed by atoms with van der Waals surface area (Å²) < 4.78 is 0. The van der Waals surface area contributed by atoms with Crippen LogP contribution in [0.15, 0.2) is 66.7 Å². The standard InChI is InChI=1S/C17H14.CH3NO/c1-13-6-8-15(9-7-13)17-11-10-14-4-2-3-5-16(14)12-17;2-1-3/h2-12H,1H3;1H,(H2,2,3). The minimum atomic E-state index is 0.250. The molecule has 2 nitrogen and oxygen atoms in total. The maximum absolute atomic E-state index is 8.58. The zero-order valence-corrected chi connectivity index (χ0v) is 11.4. The van der Waals surface area contributed by atoms with E-state index in [-0.39, 0.29) is 6.41 Å². The molecular weight excluding hydrogens is 246 g/mol. The fraction of sp³-hybridized carbons (Fsp3) is 0.0556. The molecule has 0 unspecified atom stereocenters. The first-order valence-electron chi connectivity index (χ1n) is 6.46. The second kappa shape index (κ2) is 6.53. The molecule has 0 radical (unpaired) electrons. The lowest BCUT2D eigenvalue weighted by Crippen LogP contribution is -1.82. The first-order chi connectivity index (χ1) is 9.74. The second-order valence-corrected chi connectivity index (χ2v) is 4.56. The molecule has 20 heavy (non-hydrogen) atoms. The van der Waals surface area contributed by atoms with Crippen molar-refractivity contribution in [3.63, 3.8) is 0 Å². The summed E-state index contributed by atoms with van der Waals surface area (Å²) >= 11 is 0. The Morgan fingerprint density at radius 3 is 2.00 bits per heavy atom. The Bertz CT molecular complexity index is 702. The summed E-state index contributed by atoms with van der Waals surface area (Å²) in [6.45, 7) is 2.12. The Morgan fingerprint density at radius 1 is 0.800 bits per heavy atom. The number of primary amides is 1. The Kier molecular flexibility index (Phi) is 4.51. The van der Waals surface area contributed by atoms with Crippen LogP contribution in [0.5, 0.6) is 0 Å². The average molecular weight is 263 g/mol. The topological polar surface area (TPSA) is 43.1 Å². The van der Waals surface area contributed by atoms with Crippen molar-refractivity contribution in [1.29, 1.82) is 0 Å². The molecule has 0 spiro atoms. The molecule has 3 rings (SSSR count).